The van der Waals surface area contributed by atoms with Crippen molar-refractivity contribution >= 4 is 33.4 Å². The molecule has 1 amide bonds. The largest absolute Gasteiger partial charge is 0.487 e. The van der Waals surface area contributed by atoms with Crippen LogP contribution in [0.5, 0.6) is 5.75 Å². The van der Waals surface area contributed by atoms with E-state index in [0.717, 1.165) is 27.8 Å². The van der Waals surface area contributed by atoms with E-state index in [-0.39, 0.29) is 5.91 Å². The van der Waals surface area contributed by atoms with Crippen LogP contribution < -0.4 is 4.74 Å². The highest BCUT2D eigenvalue weighted by Crippen LogP contribution is 2.26. The van der Waals surface area contributed by atoms with Crippen molar-refractivity contribution in [1.82, 2.24) is 14.7 Å². The van der Waals surface area contributed by atoms with Gasteiger partial charge in [0.1, 0.15) is 12.4 Å². The van der Waals surface area contributed by atoms with Crippen molar-refractivity contribution in [2.75, 3.05) is 7.05 Å². The standard InChI is InChI=1S/C22H23BrClN3O2/c1-4-27-12-18(23)20(25-27)13-26(3)22(28)17-8-6-16(7-9-17)14-29-21-11-15(2)5-10-19(21)24/h5-12H,4,13-14H2,1-3H3. The summed E-state index contributed by atoms with van der Waals surface area (Å²) in [6, 6.07) is 13.1. The van der Waals surface area contributed by atoms with Crippen LogP contribution in [0.15, 0.2) is 53.1 Å². The molecule has 0 radical (unpaired) electrons. The minimum atomic E-state index is -0.0582. The Labute approximate surface area is 184 Å². The normalized spacial score (nSPS) is 10.8. The van der Waals surface area contributed by atoms with Gasteiger partial charge in [-0.15, -0.1) is 0 Å². The second-order valence-corrected chi connectivity index (χ2v) is 8.12. The van der Waals surface area contributed by atoms with Crippen molar-refractivity contribution in [3.05, 3.63) is 80.5 Å². The Morgan fingerprint density at radius 2 is 1.97 bits per heavy atom. The molecule has 0 fully saturated rings. The number of carbonyl (C=O) groups is 1. The fourth-order valence-corrected chi connectivity index (χ4v) is 3.46. The summed E-state index contributed by atoms with van der Waals surface area (Å²) in [6.07, 6.45) is 1.92. The summed E-state index contributed by atoms with van der Waals surface area (Å²) < 4.78 is 8.56. The highest BCUT2D eigenvalue weighted by Gasteiger charge is 2.15. The zero-order chi connectivity index (χ0) is 21.0. The first kappa shape index (κ1) is 21.4. The van der Waals surface area contributed by atoms with E-state index in [1.54, 1.807) is 11.9 Å². The lowest BCUT2D eigenvalue weighted by Crippen LogP contribution is -2.26. The average molecular weight is 477 g/mol. The predicted octanol–water partition coefficient (Wildman–Crippen LogP) is 5.48. The number of aromatic nitrogens is 2. The number of carbonyl (C=O) groups excluding carboxylic acids is 1. The number of amides is 1. The van der Waals surface area contributed by atoms with Gasteiger partial charge in [-0.25, -0.2) is 0 Å². The van der Waals surface area contributed by atoms with E-state index in [2.05, 4.69) is 21.0 Å². The van der Waals surface area contributed by atoms with Gasteiger partial charge in [0.05, 0.1) is 21.7 Å². The summed E-state index contributed by atoms with van der Waals surface area (Å²) in [7, 11) is 1.77. The highest BCUT2D eigenvalue weighted by atomic mass is 79.9. The molecular weight excluding hydrogens is 454 g/mol. The molecule has 0 spiro atoms. The Bertz CT molecular complexity index is 1000. The number of aryl methyl sites for hydroxylation is 2. The zero-order valence-corrected chi connectivity index (χ0v) is 19.0. The minimum Gasteiger partial charge on any atom is -0.487 e. The first-order valence-electron chi connectivity index (χ1n) is 9.32. The van der Waals surface area contributed by atoms with Crippen molar-refractivity contribution in [2.24, 2.45) is 0 Å². The third-order valence-electron chi connectivity index (χ3n) is 4.53. The maximum absolute atomic E-state index is 12.7. The molecule has 0 aliphatic heterocycles. The van der Waals surface area contributed by atoms with Crippen molar-refractivity contribution < 1.29 is 9.53 Å². The topological polar surface area (TPSA) is 47.4 Å². The molecule has 7 heteroatoms. The fourth-order valence-electron chi connectivity index (χ4n) is 2.85. The lowest BCUT2D eigenvalue weighted by molar-refractivity contribution is 0.0783. The molecule has 0 N–H and O–H groups in total. The smallest absolute Gasteiger partial charge is 0.253 e. The van der Waals surface area contributed by atoms with Gasteiger partial charge in [-0.05, 0) is 65.2 Å². The first-order valence-corrected chi connectivity index (χ1v) is 10.5. The maximum atomic E-state index is 12.7. The van der Waals surface area contributed by atoms with Crippen LogP contribution >= 0.6 is 27.5 Å². The Kier molecular flexibility index (Phi) is 6.98. The van der Waals surface area contributed by atoms with Crippen LogP contribution in [0.2, 0.25) is 5.02 Å². The molecule has 0 aliphatic rings. The summed E-state index contributed by atoms with van der Waals surface area (Å²) in [5, 5.41) is 5.06. The van der Waals surface area contributed by atoms with Gasteiger partial charge < -0.3 is 9.64 Å². The number of nitrogens with zero attached hydrogens (tertiary/aromatic N) is 3. The summed E-state index contributed by atoms with van der Waals surface area (Å²) in [5.74, 6) is 0.598. The van der Waals surface area contributed by atoms with Gasteiger partial charge in [-0.2, -0.15) is 5.10 Å². The van der Waals surface area contributed by atoms with Crippen LogP contribution in [0.1, 0.15) is 34.1 Å². The second kappa shape index (κ2) is 9.46. The second-order valence-electron chi connectivity index (χ2n) is 6.86. The summed E-state index contributed by atoms with van der Waals surface area (Å²) in [4.78, 5) is 14.4. The molecule has 3 rings (SSSR count). The van der Waals surface area contributed by atoms with Crippen LogP contribution in [0.25, 0.3) is 0 Å². The quantitative estimate of drug-likeness (QED) is 0.454. The molecule has 0 atom stereocenters. The third kappa shape index (κ3) is 5.40. The number of hydrogen-bond donors (Lipinski definition) is 0. The summed E-state index contributed by atoms with van der Waals surface area (Å²) >= 11 is 9.67. The molecule has 0 saturated carbocycles. The molecule has 0 unspecified atom stereocenters. The maximum Gasteiger partial charge on any atom is 0.253 e. The Hall–Kier alpha value is -2.31. The molecule has 1 aromatic heterocycles. The Morgan fingerprint density at radius 1 is 1.24 bits per heavy atom. The van der Waals surface area contributed by atoms with Crippen LogP contribution in [0.3, 0.4) is 0 Å². The predicted molar refractivity (Wildman–Crippen MR) is 118 cm³/mol. The molecule has 29 heavy (non-hydrogen) atoms. The van der Waals surface area contributed by atoms with Crippen molar-refractivity contribution in [2.45, 2.75) is 33.5 Å². The van der Waals surface area contributed by atoms with Crippen LogP contribution in [0.4, 0.5) is 0 Å². The molecule has 1 heterocycles. The van der Waals surface area contributed by atoms with Gasteiger partial charge >= 0.3 is 0 Å². The number of benzene rings is 2. The van der Waals surface area contributed by atoms with E-state index < -0.39 is 0 Å². The minimum absolute atomic E-state index is 0.0582. The number of hydrogen-bond acceptors (Lipinski definition) is 3. The third-order valence-corrected chi connectivity index (χ3v) is 5.50. The molecule has 2 aromatic carbocycles. The monoisotopic (exact) mass is 475 g/mol. The van der Waals surface area contributed by atoms with Crippen molar-refractivity contribution in [1.29, 1.82) is 0 Å². The van der Waals surface area contributed by atoms with E-state index in [1.165, 1.54) is 0 Å². The van der Waals surface area contributed by atoms with E-state index >= 15 is 0 Å². The Morgan fingerprint density at radius 3 is 2.62 bits per heavy atom. The van der Waals surface area contributed by atoms with Gasteiger partial charge in [0.25, 0.3) is 5.91 Å². The van der Waals surface area contributed by atoms with Gasteiger partial charge in [-0.3, -0.25) is 9.48 Å². The van der Waals surface area contributed by atoms with Crippen molar-refractivity contribution in [3.63, 3.8) is 0 Å². The van der Waals surface area contributed by atoms with Gasteiger partial charge in [-0.1, -0.05) is 29.8 Å². The fraction of sp³-hybridized carbons (Fsp3) is 0.273. The van der Waals surface area contributed by atoms with E-state index in [1.807, 2.05) is 67.2 Å². The summed E-state index contributed by atoms with van der Waals surface area (Å²) in [5.41, 5.74) is 3.51. The number of ether oxygens (including phenoxy) is 1. The molecule has 0 saturated heterocycles. The lowest BCUT2D eigenvalue weighted by atomic mass is 10.1. The van der Waals surface area contributed by atoms with Crippen LogP contribution in [-0.4, -0.2) is 27.6 Å². The first-order chi connectivity index (χ1) is 13.9. The SMILES string of the molecule is CCn1cc(Br)c(CN(C)C(=O)c2ccc(COc3cc(C)ccc3Cl)cc2)n1. The molecule has 0 bridgehead atoms. The van der Waals surface area contributed by atoms with Gasteiger partial charge in [0, 0.05) is 25.4 Å². The van der Waals surface area contributed by atoms with Crippen LogP contribution in [0, 0.1) is 6.92 Å². The van der Waals surface area contributed by atoms with Gasteiger partial charge in [0.15, 0.2) is 0 Å². The molecule has 0 aliphatic carbocycles. The molecular formula is C22H23BrClN3O2. The molecule has 152 valence electrons. The highest BCUT2D eigenvalue weighted by molar-refractivity contribution is 9.10. The number of rotatable bonds is 7. The van der Waals surface area contributed by atoms with Crippen LogP contribution in [-0.2, 0) is 19.7 Å². The Balaban J connectivity index is 1.61. The van der Waals surface area contributed by atoms with E-state index in [0.29, 0.717) is 29.5 Å². The lowest BCUT2D eigenvalue weighted by Gasteiger charge is -2.16. The zero-order valence-electron chi connectivity index (χ0n) is 16.7. The molecule has 5 nitrogen and oxygen atoms in total. The van der Waals surface area contributed by atoms with E-state index in [4.69, 9.17) is 16.3 Å². The van der Waals surface area contributed by atoms with E-state index in [9.17, 15) is 4.79 Å². The average Bonchev–Trinajstić information content (AvgIpc) is 3.08. The number of halogens is 2. The van der Waals surface area contributed by atoms with Gasteiger partial charge in [0.2, 0.25) is 0 Å². The molecule has 3 aromatic rings. The summed E-state index contributed by atoms with van der Waals surface area (Å²) in [6.45, 7) is 5.62. The van der Waals surface area contributed by atoms with Crippen molar-refractivity contribution in [3.8, 4) is 5.75 Å².